The molecule has 1 aliphatic rings. The summed E-state index contributed by atoms with van der Waals surface area (Å²) in [6.07, 6.45) is -1.68. The number of benzene rings is 1. The molecular formula is C16H19N3O6. The van der Waals surface area contributed by atoms with E-state index in [0.717, 1.165) is 10.1 Å². The first-order valence-electron chi connectivity index (χ1n) is 7.77. The van der Waals surface area contributed by atoms with E-state index in [1.807, 2.05) is 30.3 Å². The van der Waals surface area contributed by atoms with Crippen LogP contribution in [0.15, 0.2) is 52.2 Å². The Morgan fingerprint density at radius 1 is 1.24 bits per heavy atom. The van der Waals surface area contributed by atoms with Gasteiger partial charge in [-0.3, -0.25) is 19.2 Å². The maximum Gasteiger partial charge on any atom is 0.330 e. The normalized spacial score (nSPS) is 26.0. The molecule has 9 heteroatoms. The van der Waals surface area contributed by atoms with Crippen molar-refractivity contribution in [1.82, 2.24) is 15.0 Å². The summed E-state index contributed by atoms with van der Waals surface area (Å²) in [5.74, 6) is 0. The van der Waals surface area contributed by atoms with Gasteiger partial charge in [-0.2, -0.15) is 5.48 Å². The van der Waals surface area contributed by atoms with Gasteiger partial charge in [-0.25, -0.2) is 4.79 Å². The van der Waals surface area contributed by atoms with Crippen molar-refractivity contribution in [2.45, 2.75) is 31.1 Å². The van der Waals surface area contributed by atoms with Crippen LogP contribution in [0.1, 0.15) is 11.8 Å². The van der Waals surface area contributed by atoms with E-state index in [-0.39, 0.29) is 6.61 Å². The van der Waals surface area contributed by atoms with Crippen LogP contribution in [-0.2, 0) is 16.2 Å². The molecule has 0 aliphatic carbocycles. The predicted octanol–water partition coefficient (Wildman–Crippen LogP) is -1.12. The number of hydroxylamine groups is 1. The molecule has 2 aromatic rings. The highest BCUT2D eigenvalue weighted by Gasteiger charge is 2.45. The third-order valence-electron chi connectivity index (χ3n) is 3.98. The number of H-pyrrole nitrogens is 1. The van der Waals surface area contributed by atoms with Crippen molar-refractivity contribution in [2.24, 2.45) is 0 Å². The SMILES string of the molecule is O=c1ccn([C@@H]2O[C@H](CO)[C@@H](O)C2NOCc2ccccc2)c(=O)[nH]1. The van der Waals surface area contributed by atoms with Crippen LogP contribution in [-0.4, -0.2) is 44.6 Å². The summed E-state index contributed by atoms with van der Waals surface area (Å²) in [5, 5.41) is 19.6. The van der Waals surface area contributed by atoms with Gasteiger partial charge in [-0.15, -0.1) is 0 Å². The fourth-order valence-electron chi connectivity index (χ4n) is 2.68. The lowest BCUT2D eigenvalue weighted by Gasteiger charge is -2.22. The fraction of sp³-hybridized carbons (Fsp3) is 0.375. The zero-order valence-electron chi connectivity index (χ0n) is 13.2. The van der Waals surface area contributed by atoms with E-state index in [9.17, 15) is 19.8 Å². The molecule has 0 radical (unpaired) electrons. The number of aromatic nitrogens is 2. The van der Waals surface area contributed by atoms with Crippen molar-refractivity contribution >= 4 is 0 Å². The number of aliphatic hydroxyl groups is 2. The maximum absolute atomic E-state index is 12.0. The summed E-state index contributed by atoms with van der Waals surface area (Å²) >= 11 is 0. The number of hydrogen-bond donors (Lipinski definition) is 4. The molecule has 0 saturated carbocycles. The minimum Gasteiger partial charge on any atom is -0.394 e. The average Bonchev–Trinajstić information content (AvgIpc) is 2.92. The number of nitrogens with one attached hydrogen (secondary N) is 2. The second-order valence-electron chi connectivity index (χ2n) is 5.67. The first kappa shape index (κ1) is 17.5. The van der Waals surface area contributed by atoms with Crippen LogP contribution in [0.5, 0.6) is 0 Å². The first-order chi connectivity index (χ1) is 12.1. The van der Waals surface area contributed by atoms with Crippen LogP contribution in [0.25, 0.3) is 0 Å². The van der Waals surface area contributed by atoms with E-state index in [1.54, 1.807) is 0 Å². The molecule has 9 nitrogen and oxygen atoms in total. The summed E-state index contributed by atoms with van der Waals surface area (Å²) in [4.78, 5) is 30.7. The quantitative estimate of drug-likeness (QED) is 0.487. The van der Waals surface area contributed by atoms with Gasteiger partial charge in [-0.1, -0.05) is 30.3 Å². The monoisotopic (exact) mass is 349 g/mol. The van der Waals surface area contributed by atoms with E-state index in [1.165, 1.54) is 12.3 Å². The Morgan fingerprint density at radius 3 is 2.68 bits per heavy atom. The van der Waals surface area contributed by atoms with Gasteiger partial charge in [0, 0.05) is 12.3 Å². The summed E-state index contributed by atoms with van der Waals surface area (Å²) in [6.45, 7) is -0.187. The van der Waals surface area contributed by atoms with E-state index in [2.05, 4.69) is 10.5 Å². The molecule has 1 fully saturated rings. The van der Waals surface area contributed by atoms with Crippen molar-refractivity contribution in [3.05, 3.63) is 69.0 Å². The molecule has 1 aliphatic heterocycles. The van der Waals surface area contributed by atoms with Crippen LogP contribution in [0, 0.1) is 0 Å². The minimum atomic E-state index is -1.11. The van der Waals surface area contributed by atoms with Gasteiger partial charge < -0.3 is 14.9 Å². The molecule has 1 saturated heterocycles. The lowest BCUT2D eigenvalue weighted by Crippen LogP contribution is -2.46. The van der Waals surface area contributed by atoms with Crippen LogP contribution < -0.4 is 16.7 Å². The highest BCUT2D eigenvalue weighted by Crippen LogP contribution is 2.28. The molecule has 1 aromatic heterocycles. The third-order valence-corrected chi connectivity index (χ3v) is 3.98. The van der Waals surface area contributed by atoms with Crippen LogP contribution in [0.3, 0.4) is 0 Å². The maximum atomic E-state index is 12.0. The number of rotatable bonds is 6. The largest absolute Gasteiger partial charge is 0.394 e. The summed E-state index contributed by atoms with van der Waals surface area (Å²) < 4.78 is 6.67. The lowest BCUT2D eigenvalue weighted by molar-refractivity contribution is -0.0610. The first-order valence-corrected chi connectivity index (χ1v) is 7.77. The fourth-order valence-corrected chi connectivity index (χ4v) is 2.68. The molecule has 1 aromatic carbocycles. The Kier molecular flexibility index (Phi) is 5.41. The Morgan fingerprint density at radius 2 is 2.00 bits per heavy atom. The zero-order valence-corrected chi connectivity index (χ0v) is 13.2. The van der Waals surface area contributed by atoms with Gasteiger partial charge in [0.05, 0.1) is 13.2 Å². The van der Waals surface area contributed by atoms with Crippen LogP contribution >= 0.6 is 0 Å². The van der Waals surface area contributed by atoms with Gasteiger partial charge in [0.15, 0.2) is 6.23 Å². The topological polar surface area (TPSA) is 126 Å². The molecule has 0 spiro atoms. The van der Waals surface area contributed by atoms with Gasteiger partial charge in [0.2, 0.25) is 0 Å². The van der Waals surface area contributed by atoms with E-state index in [0.29, 0.717) is 0 Å². The van der Waals surface area contributed by atoms with Gasteiger partial charge >= 0.3 is 5.69 Å². The number of hydrogen-bond acceptors (Lipinski definition) is 7. The summed E-state index contributed by atoms with van der Waals surface area (Å²) in [5.41, 5.74) is 2.39. The summed E-state index contributed by atoms with van der Waals surface area (Å²) in [7, 11) is 0. The molecule has 2 heterocycles. The van der Waals surface area contributed by atoms with Gasteiger partial charge in [0.25, 0.3) is 5.56 Å². The van der Waals surface area contributed by atoms with Crippen LogP contribution in [0.4, 0.5) is 0 Å². The van der Waals surface area contributed by atoms with Gasteiger partial charge in [0.1, 0.15) is 18.2 Å². The second kappa shape index (κ2) is 7.72. The molecule has 1 unspecified atom stereocenters. The number of aromatic amines is 1. The minimum absolute atomic E-state index is 0.237. The molecule has 0 bridgehead atoms. The van der Waals surface area contributed by atoms with Crippen LogP contribution in [0.2, 0.25) is 0 Å². The summed E-state index contributed by atoms with van der Waals surface area (Å²) in [6, 6.07) is 9.74. The Hall–Kier alpha value is -2.30. The van der Waals surface area contributed by atoms with Crippen molar-refractivity contribution < 1.29 is 19.8 Å². The van der Waals surface area contributed by atoms with E-state index < -0.39 is 42.3 Å². The molecule has 0 amide bonds. The van der Waals surface area contributed by atoms with Crippen molar-refractivity contribution in [2.75, 3.05) is 6.61 Å². The number of nitrogens with zero attached hydrogens (tertiary/aromatic N) is 1. The Balaban J connectivity index is 1.75. The second-order valence-corrected chi connectivity index (χ2v) is 5.67. The molecule has 4 N–H and O–H groups in total. The smallest absolute Gasteiger partial charge is 0.330 e. The number of aliphatic hydroxyl groups excluding tert-OH is 2. The Bertz CT molecular complexity index is 805. The molecule has 3 rings (SSSR count). The molecule has 4 atom stereocenters. The number of ether oxygens (including phenoxy) is 1. The van der Waals surface area contributed by atoms with Crippen molar-refractivity contribution in [3.8, 4) is 0 Å². The van der Waals surface area contributed by atoms with Crippen molar-refractivity contribution in [1.29, 1.82) is 0 Å². The third kappa shape index (κ3) is 3.86. The molecular weight excluding hydrogens is 330 g/mol. The molecule has 134 valence electrons. The highest BCUT2D eigenvalue weighted by atomic mass is 16.7. The lowest BCUT2D eigenvalue weighted by atomic mass is 10.1. The zero-order chi connectivity index (χ0) is 17.8. The Labute approximate surface area is 142 Å². The highest BCUT2D eigenvalue weighted by molar-refractivity contribution is 5.13. The van der Waals surface area contributed by atoms with Crippen molar-refractivity contribution in [3.63, 3.8) is 0 Å². The standard InChI is InChI=1S/C16H19N3O6/c20-8-11-14(22)13(18-24-9-10-4-2-1-3-5-10)15(25-11)19-7-6-12(21)17-16(19)23/h1-7,11,13-15,18,20,22H,8-9H2,(H,17,21,23)/t11-,13?,14-,15-/m1/s1. The molecule has 25 heavy (non-hydrogen) atoms. The van der Waals surface area contributed by atoms with Gasteiger partial charge in [-0.05, 0) is 5.56 Å². The predicted molar refractivity (Wildman–Crippen MR) is 86.5 cm³/mol. The average molecular weight is 349 g/mol. The van der Waals surface area contributed by atoms with E-state index in [4.69, 9.17) is 9.57 Å². The van der Waals surface area contributed by atoms with E-state index >= 15 is 0 Å².